The van der Waals surface area contributed by atoms with Crippen LogP contribution in [-0.4, -0.2) is 23.2 Å². The van der Waals surface area contributed by atoms with Crippen LogP contribution in [0.2, 0.25) is 0 Å². The summed E-state index contributed by atoms with van der Waals surface area (Å²) >= 11 is 0. The van der Waals surface area contributed by atoms with E-state index in [9.17, 15) is 4.39 Å². The fourth-order valence-corrected chi connectivity index (χ4v) is 2.72. The number of rotatable bonds is 1. The van der Waals surface area contributed by atoms with Gasteiger partial charge in [-0.3, -0.25) is 4.90 Å². The van der Waals surface area contributed by atoms with Crippen molar-refractivity contribution in [3.63, 3.8) is 0 Å². The minimum atomic E-state index is -0.654. The largest absolute Gasteiger partial charge is 0.291 e. The molecule has 2 rings (SSSR count). The van der Waals surface area contributed by atoms with Crippen molar-refractivity contribution in [2.24, 2.45) is 0 Å². The number of hydrogen-bond donors (Lipinski definition) is 0. The molecule has 1 fully saturated rings. The molecular formula is C15H22FN. The zero-order chi connectivity index (χ0) is 12.5. The lowest BCUT2D eigenvalue weighted by molar-refractivity contribution is 0.0192. The van der Waals surface area contributed by atoms with Crippen LogP contribution in [0.15, 0.2) is 30.3 Å². The molecule has 0 bridgehead atoms. The predicted molar refractivity (Wildman–Crippen MR) is 69.8 cm³/mol. The SMILES string of the molecule is CC(C)(C)N1CC[C@@H](F)C[C@@H]1c1ccccc1. The molecule has 1 aromatic carbocycles. The Hall–Kier alpha value is -0.890. The Kier molecular flexibility index (Phi) is 3.53. The van der Waals surface area contributed by atoms with Gasteiger partial charge in [0.25, 0.3) is 0 Å². The van der Waals surface area contributed by atoms with E-state index in [0.717, 1.165) is 6.54 Å². The Balaban J connectivity index is 2.26. The van der Waals surface area contributed by atoms with Gasteiger partial charge in [0.05, 0.1) is 0 Å². The van der Waals surface area contributed by atoms with Crippen molar-refractivity contribution in [2.45, 2.75) is 51.4 Å². The Morgan fingerprint density at radius 3 is 2.41 bits per heavy atom. The highest BCUT2D eigenvalue weighted by Gasteiger charge is 2.35. The van der Waals surface area contributed by atoms with Gasteiger partial charge in [-0.15, -0.1) is 0 Å². The van der Waals surface area contributed by atoms with E-state index in [2.05, 4.69) is 37.8 Å². The minimum absolute atomic E-state index is 0.0979. The molecule has 0 aliphatic carbocycles. The Labute approximate surface area is 104 Å². The Morgan fingerprint density at radius 1 is 1.18 bits per heavy atom. The van der Waals surface area contributed by atoms with Crippen molar-refractivity contribution < 1.29 is 4.39 Å². The van der Waals surface area contributed by atoms with Gasteiger partial charge < -0.3 is 0 Å². The van der Waals surface area contributed by atoms with E-state index >= 15 is 0 Å². The van der Waals surface area contributed by atoms with Gasteiger partial charge in [-0.25, -0.2) is 4.39 Å². The molecule has 0 aromatic heterocycles. The highest BCUT2D eigenvalue weighted by molar-refractivity contribution is 5.20. The third kappa shape index (κ3) is 2.86. The van der Waals surface area contributed by atoms with E-state index < -0.39 is 6.17 Å². The summed E-state index contributed by atoms with van der Waals surface area (Å²) in [5.74, 6) is 0. The first-order valence-corrected chi connectivity index (χ1v) is 6.44. The van der Waals surface area contributed by atoms with Gasteiger partial charge >= 0.3 is 0 Å². The summed E-state index contributed by atoms with van der Waals surface area (Å²) in [6.07, 6.45) is 0.640. The van der Waals surface area contributed by atoms with Crippen LogP contribution >= 0.6 is 0 Å². The summed E-state index contributed by atoms with van der Waals surface area (Å²) in [7, 11) is 0. The van der Waals surface area contributed by atoms with Gasteiger partial charge in [-0.05, 0) is 39.2 Å². The molecule has 2 atom stereocenters. The first-order valence-electron chi connectivity index (χ1n) is 6.44. The normalized spacial score (nSPS) is 27.1. The van der Waals surface area contributed by atoms with Gasteiger partial charge in [-0.1, -0.05) is 30.3 Å². The van der Waals surface area contributed by atoms with Gasteiger partial charge in [-0.2, -0.15) is 0 Å². The van der Waals surface area contributed by atoms with Gasteiger partial charge in [0.2, 0.25) is 0 Å². The molecule has 1 saturated heterocycles. The van der Waals surface area contributed by atoms with Crippen LogP contribution in [-0.2, 0) is 0 Å². The summed E-state index contributed by atoms with van der Waals surface area (Å²) in [5.41, 5.74) is 1.34. The third-order valence-electron chi connectivity index (χ3n) is 3.58. The molecule has 1 nitrogen and oxygen atoms in total. The lowest BCUT2D eigenvalue weighted by Crippen LogP contribution is -2.48. The van der Waals surface area contributed by atoms with E-state index in [4.69, 9.17) is 0 Å². The van der Waals surface area contributed by atoms with E-state index in [1.807, 2.05) is 18.2 Å². The van der Waals surface area contributed by atoms with Gasteiger partial charge in [0, 0.05) is 18.1 Å². The van der Waals surface area contributed by atoms with Crippen molar-refractivity contribution in [1.82, 2.24) is 4.90 Å². The standard InChI is InChI=1S/C15H22FN/c1-15(2,3)17-10-9-13(16)11-14(17)12-7-5-4-6-8-12/h4-8,13-14H,9-11H2,1-3H3/t13-,14-/m1/s1. The molecule has 0 amide bonds. The minimum Gasteiger partial charge on any atom is -0.291 e. The van der Waals surface area contributed by atoms with Crippen molar-refractivity contribution in [1.29, 1.82) is 0 Å². The summed E-state index contributed by atoms with van der Waals surface area (Å²) in [4.78, 5) is 2.43. The fourth-order valence-electron chi connectivity index (χ4n) is 2.72. The molecule has 94 valence electrons. The van der Waals surface area contributed by atoms with Crippen LogP contribution < -0.4 is 0 Å². The number of nitrogens with zero attached hydrogens (tertiary/aromatic N) is 1. The molecule has 2 heteroatoms. The predicted octanol–water partition coefficient (Wildman–Crippen LogP) is 3.96. The topological polar surface area (TPSA) is 3.24 Å². The van der Waals surface area contributed by atoms with E-state index in [1.165, 1.54) is 5.56 Å². The first kappa shape index (κ1) is 12.6. The fraction of sp³-hybridized carbons (Fsp3) is 0.600. The van der Waals surface area contributed by atoms with Gasteiger partial charge in [0.1, 0.15) is 6.17 Å². The molecule has 1 aromatic rings. The van der Waals surface area contributed by atoms with Crippen molar-refractivity contribution >= 4 is 0 Å². The van der Waals surface area contributed by atoms with Gasteiger partial charge in [0.15, 0.2) is 0 Å². The Morgan fingerprint density at radius 2 is 1.82 bits per heavy atom. The zero-order valence-corrected chi connectivity index (χ0v) is 11.0. The van der Waals surface area contributed by atoms with E-state index in [-0.39, 0.29) is 11.6 Å². The Bertz CT molecular complexity index is 355. The average Bonchev–Trinajstić information content (AvgIpc) is 2.28. The van der Waals surface area contributed by atoms with E-state index in [0.29, 0.717) is 12.8 Å². The summed E-state index contributed by atoms with van der Waals surface area (Å²) in [6.45, 7) is 7.48. The highest BCUT2D eigenvalue weighted by Crippen LogP contribution is 2.36. The van der Waals surface area contributed by atoms with Crippen LogP contribution in [0.4, 0.5) is 4.39 Å². The summed E-state index contributed by atoms with van der Waals surface area (Å²) in [6, 6.07) is 10.5. The second-order valence-electron chi connectivity index (χ2n) is 5.91. The van der Waals surface area contributed by atoms with Crippen LogP contribution in [0.3, 0.4) is 0 Å². The van der Waals surface area contributed by atoms with Crippen LogP contribution in [0, 0.1) is 0 Å². The maximum Gasteiger partial charge on any atom is 0.103 e. The lowest BCUT2D eigenvalue weighted by Gasteiger charge is -2.45. The molecule has 1 aliphatic rings. The van der Waals surface area contributed by atoms with Crippen molar-refractivity contribution in [3.05, 3.63) is 35.9 Å². The average molecular weight is 235 g/mol. The molecule has 0 spiro atoms. The monoisotopic (exact) mass is 235 g/mol. The molecular weight excluding hydrogens is 213 g/mol. The number of hydrogen-bond acceptors (Lipinski definition) is 1. The van der Waals surface area contributed by atoms with E-state index in [1.54, 1.807) is 0 Å². The maximum atomic E-state index is 13.7. The summed E-state index contributed by atoms with van der Waals surface area (Å²) < 4.78 is 13.7. The number of alkyl halides is 1. The second kappa shape index (κ2) is 4.77. The maximum absolute atomic E-state index is 13.7. The summed E-state index contributed by atoms with van der Waals surface area (Å²) in [5, 5.41) is 0. The van der Waals surface area contributed by atoms with Crippen LogP contribution in [0.5, 0.6) is 0 Å². The molecule has 1 heterocycles. The van der Waals surface area contributed by atoms with Crippen LogP contribution in [0.25, 0.3) is 0 Å². The smallest absolute Gasteiger partial charge is 0.103 e. The number of benzene rings is 1. The lowest BCUT2D eigenvalue weighted by atomic mass is 9.89. The highest BCUT2D eigenvalue weighted by atomic mass is 19.1. The molecule has 0 radical (unpaired) electrons. The number of likely N-dealkylation sites (tertiary alicyclic amines) is 1. The van der Waals surface area contributed by atoms with Crippen LogP contribution in [0.1, 0.15) is 45.2 Å². The molecule has 0 unspecified atom stereocenters. The first-order chi connectivity index (χ1) is 7.98. The second-order valence-corrected chi connectivity index (χ2v) is 5.91. The molecule has 0 saturated carbocycles. The third-order valence-corrected chi connectivity index (χ3v) is 3.58. The number of piperidine rings is 1. The molecule has 0 N–H and O–H groups in total. The number of halogens is 1. The quantitative estimate of drug-likeness (QED) is 0.712. The van der Waals surface area contributed by atoms with Crippen molar-refractivity contribution in [3.8, 4) is 0 Å². The molecule has 1 aliphatic heterocycles. The zero-order valence-electron chi connectivity index (χ0n) is 11.0. The molecule has 17 heavy (non-hydrogen) atoms. The van der Waals surface area contributed by atoms with Crippen molar-refractivity contribution in [2.75, 3.05) is 6.54 Å².